The first-order chi connectivity index (χ1) is 11.3. The number of hydrogen-bond donors (Lipinski definition) is 0. The molecule has 3 aliphatic heterocycles. The smallest absolute Gasteiger partial charge is 0.0366 e. The van der Waals surface area contributed by atoms with E-state index < -0.39 is 0 Å². The topological polar surface area (TPSA) is 3.24 Å². The number of allylic oxidation sites excluding steroid dienone is 2. The molecule has 5 rings (SSSR count). The minimum Gasteiger partial charge on any atom is -0.371 e. The largest absolute Gasteiger partial charge is 0.371 e. The second kappa shape index (κ2) is 6.08. The van der Waals surface area contributed by atoms with E-state index in [4.69, 9.17) is 0 Å². The fourth-order valence-corrected chi connectivity index (χ4v) is 8.99. The average Bonchev–Trinajstić information content (AvgIpc) is 3.24. The van der Waals surface area contributed by atoms with E-state index >= 15 is 0 Å². The minimum atomic E-state index is -0.0313. The Balaban J connectivity index is 0.00000146. The highest BCUT2D eigenvalue weighted by Crippen LogP contribution is 2.68. The SMILES string of the molecule is CC1=C[C@H]2[C@H]3CN(c4ccccc4)C[C@H]3[C@@H]1P2c1ccccc1.[B]. The molecule has 0 aromatic heterocycles. The summed E-state index contributed by atoms with van der Waals surface area (Å²) in [6.45, 7) is 4.86. The van der Waals surface area contributed by atoms with Crippen molar-refractivity contribution in [2.24, 2.45) is 11.8 Å². The van der Waals surface area contributed by atoms with Crippen molar-refractivity contribution < 1.29 is 0 Å². The van der Waals surface area contributed by atoms with E-state index in [1.807, 2.05) is 0 Å². The number of nitrogens with zero attached hydrogens (tertiary/aromatic N) is 1. The first-order valence-corrected chi connectivity index (χ1v) is 10.1. The van der Waals surface area contributed by atoms with E-state index in [0.29, 0.717) is 0 Å². The van der Waals surface area contributed by atoms with Crippen molar-refractivity contribution in [1.82, 2.24) is 0 Å². The molecule has 1 unspecified atom stereocenters. The summed E-state index contributed by atoms with van der Waals surface area (Å²) >= 11 is 0. The van der Waals surface area contributed by atoms with Gasteiger partial charge in [0.25, 0.3) is 0 Å². The zero-order valence-electron chi connectivity index (χ0n) is 14.0. The Morgan fingerprint density at radius 1 is 0.875 bits per heavy atom. The van der Waals surface area contributed by atoms with E-state index in [1.54, 1.807) is 10.9 Å². The summed E-state index contributed by atoms with van der Waals surface area (Å²) in [5, 5.41) is 1.62. The van der Waals surface area contributed by atoms with Gasteiger partial charge in [-0.2, -0.15) is 0 Å². The van der Waals surface area contributed by atoms with Crippen LogP contribution < -0.4 is 10.2 Å². The number of benzene rings is 2. The summed E-state index contributed by atoms with van der Waals surface area (Å²) in [5.74, 6) is 1.71. The van der Waals surface area contributed by atoms with Crippen LogP contribution in [0.3, 0.4) is 0 Å². The number of anilines is 1. The number of hydrogen-bond acceptors (Lipinski definition) is 1. The summed E-state index contributed by atoms with van der Waals surface area (Å²) in [6.07, 6.45) is 2.62. The standard InChI is InChI=1S/C21H22NP.B/c1-15-12-20-18-13-22(16-8-4-2-5-9-16)14-19(18)21(15)23(20)17-10-6-3-7-11-17;/h2-12,18-21H,13-14H2,1H3;/t18-,19+,20-,21+,23?;/m0./s1. The van der Waals surface area contributed by atoms with Gasteiger partial charge in [-0.25, -0.2) is 0 Å². The number of rotatable bonds is 2. The molecular formula is C21H22BNP. The molecule has 5 atom stereocenters. The second-order valence-electron chi connectivity index (χ2n) is 7.16. The van der Waals surface area contributed by atoms with Crippen molar-refractivity contribution in [2.45, 2.75) is 18.2 Å². The van der Waals surface area contributed by atoms with Crippen LogP contribution in [0.2, 0.25) is 0 Å². The van der Waals surface area contributed by atoms with Crippen molar-refractivity contribution >= 4 is 27.3 Å². The van der Waals surface area contributed by atoms with Gasteiger partial charge in [0, 0.05) is 38.5 Å². The third-order valence-corrected chi connectivity index (χ3v) is 9.41. The van der Waals surface area contributed by atoms with E-state index in [1.165, 1.54) is 18.8 Å². The minimum absolute atomic E-state index is 0. The van der Waals surface area contributed by atoms with Crippen LogP contribution in [0.1, 0.15) is 6.92 Å². The molecule has 24 heavy (non-hydrogen) atoms. The fourth-order valence-electron chi connectivity index (χ4n) is 5.06. The highest BCUT2D eigenvalue weighted by molar-refractivity contribution is 7.68. The Morgan fingerprint density at radius 2 is 1.50 bits per heavy atom. The van der Waals surface area contributed by atoms with Crippen molar-refractivity contribution in [3.05, 3.63) is 72.3 Å². The van der Waals surface area contributed by atoms with Gasteiger partial charge in [0.2, 0.25) is 0 Å². The Morgan fingerprint density at radius 3 is 2.21 bits per heavy atom. The molecule has 0 aliphatic carbocycles. The van der Waals surface area contributed by atoms with Crippen LogP contribution in [0.15, 0.2) is 72.3 Å². The molecule has 2 bridgehead atoms. The predicted molar refractivity (Wildman–Crippen MR) is 106 cm³/mol. The summed E-state index contributed by atoms with van der Waals surface area (Å²) < 4.78 is 0. The second-order valence-corrected chi connectivity index (χ2v) is 9.64. The Labute approximate surface area is 148 Å². The van der Waals surface area contributed by atoms with Crippen LogP contribution in [0, 0.1) is 11.8 Å². The predicted octanol–water partition coefficient (Wildman–Crippen LogP) is 3.88. The van der Waals surface area contributed by atoms with E-state index in [-0.39, 0.29) is 16.3 Å². The summed E-state index contributed by atoms with van der Waals surface area (Å²) in [7, 11) is -0.0313. The summed E-state index contributed by atoms with van der Waals surface area (Å²) in [6, 6.07) is 22.3. The lowest BCUT2D eigenvalue weighted by molar-refractivity contribution is 0.447. The molecule has 3 heteroatoms. The zero-order valence-corrected chi connectivity index (χ0v) is 14.9. The molecule has 119 valence electrons. The molecule has 2 aromatic rings. The highest BCUT2D eigenvalue weighted by Gasteiger charge is 2.57. The maximum Gasteiger partial charge on any atom is 0.0366 e. The van der Waals surface area contributed by atoms with Gasteiger partial charge in [0.05, 0.1) is 0 Å². The van der Waals surface area contributed by atoms with Gasteiger partial charge >= 0.3 is 0 Å². The fraction of sp³-hybridized carbons (Fsp3) is 0.333. The maximum absolute atomic E-state index is 2.62. The van der Waals surface area contributed by atoms with Gasteiger partial charge in [0.1, 0.15) is 0 Å². The molecule has 3 heterocycles. The molecule has 2 aromatic carbocycles. The molecule has 2 fully saturated rings. The van der Waals surface area contributed by atoms with Gasteiger partial charge in [-0.05, 0) is 36.2 Å². The molecule has 0 N–H and O–H groups in total. The molecule has 0 saturated carbocycles. The van der Waals surface area contributed by atoms with Gasteiger partial charge in [-0.1, -0.05) is 68.1 Å². The lowest BCUT2D eigenvalue weighted by Gasteiger charge is -2.26. The summed E-state index contributed by atoms with van der Waals surface area (Å²) in [4.78, 5) is 2.62. The van der Waals surface area contributed by atoms with E-state index in [2.05, 4.69) is 78.6 Å². The first-order valence-electron chi connectivity index (χ1n) is 8.64. The van der Waals surface area contributed by atoms with Crippen LogP contribution >= 0.6 is 7.92 Å². The van der Waals surface area contributed by atoms with Crippen molar-refractivity contribution in [1.29, 1.82) is 0 Å². The lowest BCUT2D eigenvalue weighted by Crippen LogP contribution is -2.25. The molecule has 1 nitrogen and oxygen atoms in total. The van der Waals surface area contributed by atoms with Crippen molar-refractivity contribution in [3.63, 3.8) is 0 Å². The quantitative estimate of drug-likeness (QED) is 0.459. The van der Waals surface area contributed by atoms with Crippen LogP contribution in [-0.4, -0.2) is 32.8 Å². The van der Waals surface area contributed by atoms with Crippen molar-refractivity contribution in [3.8, 4) is 0 Å². The molecule has 0 spiro atoms. The normalized spacial score (nSPS) is 33.1. The molecule has 3 aliphatic rings. The molecule has 2 saturated heterocycles. The molecule has 0 amide bonds. The van der Waals surface area contributed by atoms with Gasteiger partial charge in [-0.3, -0.25) is 0 Å². The van der Waals surface area contributed by atoms with E-state index in [9.17, 15) is 0 Å². The van der Waals surface area contributed by atoms with Gasteiger partial charge in [-0.15, -0.1) is 0 Å². The molecular weight excluding hydrogens is 308 g/mol. The number of para-hydroxylation sites is 1. The van der Waals surface area contributed by atoms with Gasteiger partial charge < -0.3 is 4.90 Å². The Bertz CT molecular complexity index is 745. The third kappa shape index (κ3) is 2.27. The highest BCUT2D eigenvalue weighted by atomic mass is 31.1. The van der Waals surface area contributed by atoms with Crippen LogP contribution in [0.5, 0.6) is 0 Å². The van der Waals surface area contributed by atoms with Crippen LogP contribution in [0.25, 0.3) is 0 Å². The maximum atomic E-state index is 2.62. The average molecular weight is 330 g/mol. The lowest BCUT2D eigenvalue weighted by atomic mass is 9.83. The summed E-state index contributed by atoms with van der Waals surface area (Å²) in [5.41, 5.74) is 4.69. The third-order valence-electron chi connectivity index (χ3n) is 5.95. The van der Waals surface area contributed by atoms with Crippen molar-refractivity contribution in [2.75, 3.05) is 18.0 Å². The molecule has 3 radical (unpaired) electrons. The zero-order chi connectivity index (χ0) is 15.4. The van der Waals surface area contributed by atoms with Crippen LogP contribution in [-0.2, 0) is 0 Å². The Kier molecular flexibility index (Phi) is 4.05. The van der Waals surface area contributed by atoms with E-state index in [0.717, 1.165) is 23.2 Å². The first kappa shape index (κ1) is 16.0. The van der Waals surface area contributed by atoms with Crippen LogP contribution in [0.4, 0.5) is 5.69 Å². The Hall–Kier alpha value is -1.53. The monoisotopic (exact) mass is 330 g/mol. The number of fused-ring (bicyclic) bond motifs is 5. The van der Waals surface area contributed by atoms with Gasteiger partial charge in [0.15, 0.2) is 0 Å².